The molecule has 0 amide bonds. The molecule has 370 valence electrons. The van der Waals surface area contributed by atoms with Gasteiger partial charge in [0.15, 0.2) is 0 Å². The van der Waals surface area contributed by atoms with Crippen LogP contribution in [-0.2, 0) is 32.2 Å². The molecule has 0 spiro atoms. The molecule has 0 fully saturated rings. The molecule has 0 bridgehead atoms. The fourth-order valence-corrected chi connectivity index (χ4v) is 8.99. The van der Waals surface area contributed by atoms with Crippen LogP contribution in [0.4, 0.5) is 0 Å². The van der Waals surface area contributed by atoms with Crippen LogP contribution in [0.25, 0.3) is 0 Å². The van der Waals surface area contributed by atoms with Crippen molar-refractivity contribution >= 4 is 0 Å². The zero-order valence-corrected chi connectivity index (χ0v) is 43.2. The van der Waals surface area contributed by atoms with Crippen LogP contribution in [0.1, 0.15) is 195 Å². The number of ether oxygens (including phenoxy) is 5. The van der Waals surface area contributed by atoms with Gasteiger partial charge in [-0.25, -0.2) is 0 Å². The number of benzene rings is 2. The molecule has 1 N–H and O–H groups in total. The number of aliphatic hydroxyl groups is 1. The molecule has 0 aliphatic carbocycles. The van der Waals surface area contributed by atoms with E-state index in [2.05, 4.69) is 97.9 Å². The lowest BCUT2D eigenvalue weighted by Gasteiger charge is -2.21. The van der Waals surface area contributed by atoms with Crippen molar-refractivity contribution in [3.63, 3.8) is 0 Å². The molecule has 0 unspecified atom stereocenters. The molecule has 0 aliphatic heterocycles. The minimum Gasteiger partial charge on any atom is -0.497 e. The Balaban J connectivity index is 1.54. The smallest absolute Gasteiger partial charge is 0.118 e. The third-order valence-electron chi connectivity index (χ3n) is 13.9. The van der Waals surface area contributed by atoms with Crippen LogP contribution in [0, 0.1) is 47.3 Å². The molecule has 0 radical (unpaired) electrons. The molecule has 0 saturated heterocycles. The van der Waals surface area contributed by atoms with Gasteiger partial charge in [0, 0.05) is 26.4 Å². The summed E-state index contributed by atoms with van der Waals surface area (Å²) in [5.41, 5.74) is 2.40. The zero-order valence-electron chi connectivity index (χ0n) is 43.2. The Morgan fingerprint density at radius 2 is 0.766 bits per heavy atom. The summed E-state index contributed by atoms with van der Waals surface area (Å²) in [6, 6.07) is 18.6. The van der Waals surface area contributed by atoms with E-state index in [0.29, 0.717) is 56.7 Å². The molecular weight excluding hydrogens is 793 g/mol. The van der Waals surface area contributed by atoms with E-state index in [9.17, 15) is 5.11 Å². The van der Waals surface area contributed by atoms with Crippen molar-refractivity contribution in [1.29, 1.82) is 0 Å². The van der Waals surface area contributed by atoms with E-state index in [1.165, 1.54) is 120 Å². The maximum atomic E-state index is 9.25. The second-order valence-corrected chi connectivity index (χ2v) is 21.1. The van der Waals surface area contributed by atoms with E-state index in [1.807, 2.05) is 12.1 Å². The Kier molecular flexibility index (Phi) is 34.6. The summed E-state index contributed by atoms with van der Waals surface area (Å²) in [6.07, 6.45) is 25.7. The van der Waals surface area contributed by atoms with E-state index in [-0.39, 0.29) is 6.10 Å². The second-order valence-electron chi connectivity index (χ2n) is 21.1. The van der Waals surface area contributed by atoms with Crippen molar-refractivity contribution in [2.45, 2.75) is 203 Å². The summed E-state index contributed by atoms with van der Waals surface area (Å²) >= 11 is 0. The largest absolute Gasteiger partial charge is 0.497 e. The highest BCUT2D eigenvalue weighted by Crippen LogP contribution is 2.25. The van der Waals surface area contributed by atoms with E-state index < -0.39 is 0 Å². The Morgan fingerprint density at radius 3 is 1.22 bits per heavy atom. The van der Waals surface area contributed by atoms with Gasteiger partial charge in [-0.3, -0.25) is 0 Å². The van der Waals surface area contributed by atoms with Gasteiger partial charge < -0.3 is 28.8 Å². The van der Waals surface area contributed by atoms with E-state index in [4.69, 9.17) is 23.7 Å². The first kappa shape index (κ1) is 58.2. The van der Waals surface area contributed by atoms with Crippen molar-refractivity contribution in [2.75, 3.05) is 46.8 Å². The topological polar surface area (TPSA) is 66.4 Å². The van der Waals surface area contributed by atoms with Crippen molar-refractivity contribution < 1.29 is 28.8 Å². The Morgan fingerprint density at radius 1 is 0.391 bits per heavy atom. The molecule has 0 heterocycles. The number of hydrogen-bond acceptors (Lipinski definition) is 6. The Bertz CT molecular complexity index is 1300. The third kappa shape index (κ3) is 31.9. The van der Waals surface area contributed by atoms with Crippen LogP contribution < -0.4 is 4.74 Å². The van der Waals surface area contributed by atoms with Crippen LogP contribution in [0.3, 0.4) is 0 Å². The highest BCUT2D eigenvalue weighted by molar-refractivity contribution is 5.26. The highest BCUT2D eigenvalue weighted by Gasteiger charge is 2.15. The molecular formula is C58H102O6. The normalized spacial score (nSPS) is 16.2. The summed E-state index contributed by atoms with van der Waals surface area (Å²) in [6.45, 7) is 24.2. The van der Waals surface area contributed by atoms with Crippen molar-refractivity contribution in [2.24, 2.45) is 47.3 Å². The fraction of sp³-hybridized carbons (Fsp3) is 0.793. The minimum absolute atomic E-state index is 0.0329. The standard InChI is InChI=1S/C58H102O6/c1-47(19-13-21-49(3)25-17-29-53(7)41-59)23-15-27-51(5)37-39-61-45-58(46-63-43-55-31-11-10-12-32-55)64-40-38-52(6)28-16-24-48(2)20-14-22-50(4)26-18-30-54(8)42-62-44-56-33-35-57(60-9)36-34-56/h10-12,31-36,47-54,58-59H,13-30,37-46H2,1-9H3/t47-,48-,49+,50+,51-,52-,53+,54+,58+/m1/s1. The first-order valence-corrected chi connectivity index (χ1v) is 26.6. The first-order valence-electron chi connectivity index (χ1n) is 26.6. The summed E-state index contributed by atoms with van der Waals surface area (Å²) in [4.78, 5) is 0. The van der Waals surface area contributed by atoms with Crippen LogP contribution in [-0.4, -0.2) is 58.0 Å². The van der Waals surface area contributed by atoms with Gasteiger partial charge in [0.05, 0.1) is 33.5 Å². The predicted octanol–water partition coefficient (Wildman–Crippen LogP) is 15.7. The highest BCUT2D eigenvalue weighted by atomic mass is 16.6. The van der Waals surface area contributed by atoms with Crippen LogP contribution in [0.2, 0.25) is 0 Å². The quantitative estimate of drug-likeness (QED) is 0.0669. The summed E-state index contributed by atoms with van der Waals surface area (Å²) in [5.74, 6) is 6.53. The van der Waals surface area contributed by atoms with E-state index >= 15 is 0 Å². The number of hydrogen-bond donors (Lipinski definition) is 1. The van der Waals surface area contributed by atoms with Crippen molar-refractivity contribution in [3.8, 4) is 5.75 Å². The molecule has 2 rings (SSSR count). The average Bonchev–Trinajstić information content (AvgIpc) is 3.28. The van der Waals surface area contributed by atoms with Gasteiger partial charge >= 0.3 is 0 Å². The third-order valence-corrected chi connectivity index (χ3v) is 13.9. The van der Waals surface area contributed by atoms with Crippen molar-refractivity contribution in [3.05, 3.63) is 65.7 Å². The van der Waals surface area contributed by atoms with Gasteiger partial charge in [0.25, 0.3) is 0 Å². The molecule has 0 aromatic heterocycles. The molecule has 64 heavy (non-hydrogen) atoms. The number of aliphatic hydroxyl groups excluding tert-OH is 1. The summed E-state index contributed by atoms with van der Waals surface area (Å²) in [7, 11) is 1.70. The molecule has 2 aromatic carbocycles. The fourth-order valence-electron chi connectivity index (χ4n) is 8.99. The SMILES string of the molecule is COc1ccc(COC[C@@H](C)CCC[C@@H](C)CCC[C@@H](C)CCC[C@@H](C)CCO[C@@H](COCC[C@H](C)CCC[C@H](C)CCC[C@H](C)CCC[C@H](C)CO)COCc2ccccc2)cc1. The van der Waals surface area contributed by atoms with Gasteiger partial charge in [-0.2, -0.15) is 0 Å². The number of rotatable bonds is 43. The molecule has 0 saturated carbocycles. The van der Waals surface area contributed by atoms with E-state index in [1.54, 1.807) is 7.11 Å². The maximum absolute atomic E-state index is 9.25. The summed E-state index contributed by atoms with van der Waals surface area (Å²) in [5, 5.41) is 9.25. The minimum atomic E-state index is -0.0329. The zero-order chi connectivity index (χ0) is 46.6. The average molecular weight is 895 g/mol. The predicted molar refractivity (Wildman–Crippen MR) is 272 cm³/mol. The second kappa shape index (κ2) is 38.1. The monoisotopic (exact) mass is 895 g/mol. The molecule has 6 heteroatoms. The molecule has 6 nitrogen and oxygen atoms in total. The molecule has 2 aromatic rings. The lowest BCUT2D eigenvalue weighted by Crippen LogP contribution is -2.27. The Hall–Kier alpha value is -1.96. The van der Waals surface area contributed by atoms with E-state index in [0.717, 1.165) is 68.5 Å². The molecule has 9 atom stereocenters. The van der Waals surface area contributed by atoms with Crippen LogP contribution >= 0.6 is 0 Å². The number of methoxy groups -OCH3 is 1. The van der Waals surface area contributed by atoms with Gasteiger partial charge in [0.2, 0.25) is 0 Å². The summed E-state index contributed by atoms with van der Waals surface area (Å²) < 4.78 is 30.1. The first-order chi connectivity index (χ1) is 31.0. The lowest BCUT2D eigenvalue weighted by molar-refractivity contribution is -0.0670. The van der Waals surface area contributed by atoms with Crippen LogP contribution in [0.5, 0.6) is 5.75 Å². The van der Waals surface area contributed by atoms with Gasteiger partial charge in [-0.1, -0.05) is 201 Å². The van der Waals surface area contributed by atoms with Gasteiger partial charge in [-0.15, -0.1) is 0 Å². The van der Waals surface area contributed by atoms with Gasteiger partial charge in [-0.05, 0) is 96.3 Å². The Labute approximate surface area is 396 Å². The van der Waals surface area contributed by atoms with Crippen LogP contribution in [0.15, 0.2) is 54.6 Å². The lowest BCUT2D eigenvalue weighted by atomic mass is 9.90. The molecule has 0 aliphatic rings. The van der Waals surface area contributed by atoms with Crippen molar-refractivity contribution in [1.82, 2.24) is 0 Å². The maximum Gasteiger partial charge on any atom is 0.118 e. The van der Waals surface area contributed by atoms with Gasteiger partial charge in [0.1, 0.15) is 11.9 Å².